The van der Waals surface area contributed by atoms with Crippen molar-refractivity contribution in [3.8, 4) is 5.75 Å². The third-order valence-corrected chi connectivity index (χ3v) is 2.97. The van der Waals surface area contributed by atoms with Gasteiger partial charge in [0.15, 0.2) is 9.84 Å². The molecule has 1 aromatic rings. The van der Waals surface area contributed by atoms with E-state index in [1.165, 1.54) is 12.1 Å². The number of hydrogen-bond donors (Lipinski definition) is 2. The fourth-order valence-electron chi connectivity index (χ4n) is 1.16. The standard InChI is InChI=1S/C10H13NO3S/c1-15(13,14)10-5-4-8(3-2-6-11)7-9(10)12/h2-5,7,12H,6,11H2,1H3/b3-2+. The van der Waals surface area contributed by atoms with Gasteiger partial charge in [0.05, 0.1) is 0 Å². The molecule has 0 saturated heterocycles. The number of nitrogens with two attached hydrogens (primary N) is 1. The molecule has 0 spiro atoms. The second-order valence-corrected chi connectivity index (χ2v) is 5.12. The summed E-state index contributed by atoms with van der Waals surface area (Å²) in [7, 11) is -3.37. The molecule has 0 fully saturated rings. The summed E-state index contributed by atoms with van der Waals surface area (Å²) in [6.07, 6.45) is 4.48. The Bertz CT molecular complexity index is 477. The van der Waals surface area contributed by atoms with Crippen molar-refractivity contribution < 1.29 is 13.5 Å². The molecule has 15 heavy (non-hydrogen) atoms. The Balaban J connectivity index is 3.15. The molecule has 82 valence electrons. The highest BCUT2D eigenvalue weighted by molar-refractivity contribution is 7.90. The molecule has 4 nitrogen and oxygen atoms in total. The van der Waals surface area contributed by atoms with E-state index >= 15 is 0 Å². The lowest BCUT2D eigenvalue weighted by Crippen LogP contribution is -1.97. The molecule has 0 heterocycles. The summed E-state index contributed by atoms with van der Waals surface area (Å²) < 4.78 is 22.4. The van der Waals surface area contributed by atoms with Gasteiger partial charge in [0.1, 0.15) is 10.6 Å². The quantitative estimate of drug-likeness (QED) is 0.799. The monoisotopic (exact) mass is 227 g/mol. The molecule has 5 heteroatoms. The molecule has 0 bridgehead atoms. The first-order chi connectivity index (χ1) is 6.95. The van der Waals surface area contributed by atoms with E-state index in [0.717, 1.165) is 6.26 Å². The van der Waals surface area contributed by atoms with Crippen LogP contribution in [0.4, 0.5) is 0 Å². The summed E-state index contributed by atoms with van der Waals surface area (Å²) in [6.45, 7) is 0.397. The van der Waals surface area contributed by atoms with E-state index in [4.69, 9.17) is 5.73 Å². The summed E-state index contributed by atoms with van der Waals surface area (Å²) in [4.78, 5) is -0.0626. The minimum absolute atomic E-state index is 0.0626. The van der Waals surface area contributed by atoms with Gasteiger partial charge in [0.2, 0.25) is 0 Å². The minimum Gasteiger partial charge on any atom is -0.507 e. The van der Waals surface area contributed by atoms with Gasteiger partial charge in [-0.1, -0.05) is 18.2 Å². The van der Waals surface area contributed by atoms with E-state index in [1.807, 2.05) is 0 Å². The lowest BCUT2D eigenvalue weighted by molar-refractivity contribution is 0.459. The van der Waals surface area contributed by atoms with Crippen molar-refractivity contribution in [2.24, 2.45) is 5.73 Å². The zero-order valence-corrected chi connectivity index (χ0v) is 9.16. The van der Waals surface area contributed by atoms with E-state index in [0.29, 0.717) is 12.1 Å². The van der Waals surface area contributed by atoms with Crippen LogP contribution in [0.2, 0.25) is 0 Å². The SMILES string of the molecule is CS(=O)(=O)c1ccc(/C=C/CN)cc1O. The second-order valence-electron chi connectivity index (χ2n) is 3.14. The van der Waals surface area contributed by atoms with Crippen LogP contribution in [-0.2, 0) is 9.84 Å². The van der Waals surface area contributed by atoms with Crippen molar-refractivity contribution in [2.45, 2.75) is 4.90 Å². The zero-order chi connectivity index (χ0) is 11.5. The first kappa shape index (κ1) is 11.7. The first-order valence-electron chi connectivity index (χ1n) is 4.35. The fourth-order valence-corrected chi connectivity index (χ4v) is 1.91. The Morgan fingerprint density at radius 2 is 2.13 bits per heavy atom. The van der Waals surface area contributed by atoms with Gasteiger partial charge in [0.25, 0.3) is 0 Å². The predicted molar refractivity (Wildman–Crippen MR) is 59.3 cm³/mol. The smallest absolute Gasteiger partial charge is 0.179 e. The van der Waals surface area contributed by atoms with Gasteiger partial charge in [-0.15, -0.1) is 0 Å². The van der Waals surface area contributed by atoms with Crippen molar-refractivity contribution in [1.82, 2.24) is 0 Å². The Kier molecular flexibility index (Phi) is 3.49. The minimum atomic E-state index is -3.37. The highest BCUT2D eigenvalue weighted by Gasteiger charge is 2.12. The van der Waals surface area contributed by atoms with Gasteiger partial charge in [-0.2, -0.15) is 0 Å². The maximum Gasteiger partial charge on any atom is 0.179 e. The molecule has 0 aliphatic heterocycles. The summed E-state index contributed by atoms with van der Waals surface area (Å²) >= 11 is 0. The predicted octanol–water partition coefficient (Wildman–Crippen LogP) is 0.768. The van der Waals surface area contributed by atoms with Crippen LogP contribution >= 0.6 is 0 Å². The van der Waals surface area contributed by atoms with Gasteiger partial charge in [-0.05, 0) is 17.7 Å². The molecule has 0 saturated carbocycles. The Morgan fingerprint density at radius 3 is 2.60 bits per heavy atom. The Morgan fingerprint density at radius 1 is 1.47 bits per heavy atom. The number of benzene rings is 1. The number of aromatic hydroxyl groups is 1. The van der Waals surface area contributed by atoms with Crippen molar-refractivity contribution in [1.29, 1.82) is 0 Å². The van der Waals surface area contributed by atoms with Gasteiger partial charge < -0.3 is 10.8 Å². The van der Waals surface area contributed by atoms with E-state index < -0.39 is 9.84 Å². The number of sulfone groups is 1. The molecule has 0 aromatic heterocycles. The topological polar surface area (TPSA) is 80.4 Å². The molecule has 0 aliphatic carbocycles. The zero-order valence-electron chi connectivity index (χ0n) is 8.34. The molecule has 0 aliphatic rings. The number of hydrogen-bond acceptors (Lipinski definition) is 4. The van der Waals surface area contributed by atoms with Gasteiger partial charge in [-0.3, -0.25) is 0 Å². The average Bonchev–Trinajstić information content (AvgIpc) is 2.12. The van der Waals surface area contributed by atoms with Gasteiger partial charge >= 0.3 is 0 Å². The Labute approximate surface area is 89.0 Å². The van der Waals surface area contributed by atoms with Crippen molar-refractivity contribution in [3.63, 3.8) is 0 Å². The molecule has 1 rings (SSSR count). The maximum absolute atomic E-state index is 11.2. The molecule has 0 radical (unpaired) electrons. The second kappa shape index (κ2) is 4.46. The van der Waals surface area contributed by atoms with Crippen LogP contribution in [0, 0.1) is 0 Å². The number of rotatable bonds is 3. The number of phenols is 1. The highest BCUT2D eigenvalue weighted by Crippen LogP contribution is 2.23. The molecule has 1 aromatic carbocycles. The van der Waals surface area contributed by atoms with Crippen molar-refractivity contribution in [2.75, 3.05) is 12.8 Å². The third kappa shape index (κ3) is 3.07. The normalized spacial score (nSPS) is 12.1. The Hall–Kier alpha value is -1.33. The highest BCUT2D eigenvalue weighted by atomic mass is 32.2. The van der Waals surface area contributed by atoms with E-state index in [2.05, 4.69) is 0 Å². The maximum atomic E-state index is 11.2. The lowest BCUT2D eigenvalue weighted by atomic mass is 10.2. The van der Waals surface area contributed by atoms with E-state index in [-0.39, 0.29) is 10.6 Å². The molecular weight excluding hydrogens is 214 g/mol. The molecule has 0 unspecified atom stereocenters. The lowest BCUT2D eigenvalue weighted by Gasteiger charge is -2.02. The summed E-state index contributed by atoms with van der Waals surface area (Å²) in [6, 6.07) is 4.38. The van der Waals surface area contributed by atoms with Crippen LogP contribution in [0.1, 0.15) is 5.56 Å². The van der Waals surface area contributed by atoms with Gasteiger partial charge in [-0.25, -0.2) is 8.42 Å². The average molecular weight is 227 g/mol. The van der Waals surface area contributed by atoms with E-state index in [1.54, 1.807) is 18.2 Å². The molecule has 0 amide bonds. The van der Waals surface area contributed by atoms with Crippen LogP contribution < -0.4 is 5.73 Å². The molecule has 3 N–H and O–H groups in total. The fraction of sp³-hybridized carbons (Fsp3) is 0.200. The van der Waals surface area contributed by atoms with Crippen LogP contribution in [0.15, 0.2) is 29.2 Å². The van der Waals surface area contributed by atoms with Crippen LogP contribution in [0.3, 0.4) is 0 Å². The van der Waals surface area contributed by atoms with Crippen LogP contribution in [0.5, 0.6) is 5.75 Å². The molecular formula is C10H13NO3S. The van der Waals surface area contributed by atoms with Crippen molar-refractivity contribution in [3.05, 3.63) is 29.8 Å². The summed E-state index contributed by atoms with van der Waals surface area (Å²) in [5.74, 6) is -0.239. The van der Waals surface area contributed by atoms with Crippen LogP contribution in [0.25, 0.3) is 6.08 Å². The number of phenolic OH excluding ortho intramolecular Hbond substituents is 1. The third-order valence-electron chi connectivity index (χ3n) is 1.83. The van der Waals surface area contributed by atoms with E-state index in [9.17, 15) is 13.5 Å². The summed E-state index contributed by atoms with van der Waals surface area (Å²) in [5.41, 5.74) is 5.98. The molecule has 0 atom stereocenters. The first-order valence-corrected chi connectivity index (χ1v) is 6.24. The van der Waals surface area contributed by atoms with Crippen molar-refractivity contribution >= 4 is 15.9 Å². The summed E-state index contributed by atoms with van der Waals surface area (Å²) in [5, 5.41) is 9.48. The largest absolute Gasteiger partial charge is 0.507 e. The van der Waals surface area contributed by atoms with Gasteiger partial charge in [0, 0.05) is 12.8 Å². The van der Waals surface area contributed by atoms with Crippen LogP contribution in [-0.4, -0.2) is 26.3 Å².